The molecule has 0 aliphatic heterocycles. The van der Waals surface area contributed by atoms with Gasteiger partial charge in [-0.3, -0.25) is 10.1 Å². The normalized spacial score (nSPS) is 13.6. The highest BCUT2D eigenvalue weighted by Gasteiger charge is 2.20. The number of carbonyl (C=O) groups is 1. The number of hydrogen-bond acceptors (Lipinski definition) is 3. The highest BCUT2D eigenvalue weighted by atomic mass is 35.5. The largest absolute Gasteiger partial charge is 0.459 e. The van der Waals surface area contributed by atoms with Gasteiger partial charge in [0.15, 0.2) is 0 Å². The maximum Gasteiger partial charge on any atom is 0.241 e. The van der Waals surface area contributed by atoms with Crippen LogP contribution in [-0.4, -0.2) is 11.9 Å². The Kier molecular flexibility index (Phi) is 5.35. The summed E-state index contributed by atoms with van der Waals surface area (Å²) in [4.78, 5) is 12.6. The number of furan rings is 1. The van der Waals surface area contributed by atoms with Crippen LogP contribution in [0.4, 0.5) is 5.69 Å². The van der Waals surface area contributed by atoms with Gasteiger partial charge in [-0.15, -0.1) is 0 Å². The number of aryl methyl sites for hydroxylation is 2. The number of fused-ring (bicyclic) bond motifs is 1. The summed E-state index contributed by atoms with van der Waals surface area (Å²) in [6.07, 6.45) is 0. The Labute approximate surface area is 158 Å². The molecule has 0 fully saturated rings. The van der Waals surface area contributed by atoms with Gasteiger partial charge in [-0.2, -0.15) is 0 Å². The molecule has 0 aliphatic rings. The molecular formula is C21H23ClN2O2. The maximum atomic E-state index is 12.6. The minimum Gasteiger partial charge on any atom is -0.459 e. The fourth-order valence-corrected chi connectivity index (χ4v) is 3.42. The molecular weight excluding hydrogens is 348 g/mol. The number of amides is 1. The average molecular weight is 371 g/mol. The number of rotatable bonds is 5. The van der Waals surface area contributed by atoms with Crippen molar-refractivity contribution in [3.8, 4) is 0 Å². The van der Waals surface area contributed by atoms with E-state index in [9.17, 15) is 4.79 Å². The lowest BCUT2D eigenvalue weighted by molar-refractivity contribution is -0.118. The molecule has 2 atom stereocenters. The van der Waals surface area contributed by atoms with Gasteiger partial charge in [-0.25, -0.2) is 0 Å². The van der Waals surface area contributed by atoms with Crippen LogP contribution >= 0.6 is 11.6 Å². The average Bonchev–Trinajstić information content (AvgIpc) is 3.02. The van der Waals surface area contributed by atoms with E-state index in [1.54, 1.807) is 0 Å². The predicted octanol–water partition coefficient (Wildman–Crippen LogP) is 5.38. The van der Waals surface area contributed by atoms with Crippen molar-refractivity contribution in [2.45, 2.75) is 39.8 Å². The summed E-state index contributed by atoms with van der Waals surface area (Å²) in [5, 5.41) is 7.80. The summed E-state index contributed by atoms with van der Waals surface area (Å²) in [5.41, 5.74) is 3.51. The van der Waals surface area contributed by atoms with E-state index in [4.69, 9.17) is 16.0 Å². The van der Waals surface area contributed by atoms with Crippen LogP contribution in [0.15, 0.2) is 46.9 Å². The van der Waals surface area contributed by atoms with Crippen LogP contribution in [0.3, 0.4) is 0 Å². The number of para-hydroxylation sites is 1. The molecule has 0 saturated carbocycles. The topological polar surface area (TPSA) is 54.3 Å². The molecule has 2 unspecified atom stereocenters. The Hall–Kier alpha value is -2.30. The standard InChI is InChI=1S/C21H23ClN2O2/c1-12-9-13(2)20(17(22)10-12)24-21(25)15(4)23-14(3)19-11-16-7-5-6-8-18(16)26-19/h5-11,14-15,23H,1-4H3,(H,24,25). The second-order valence-corrected chi connectivity index (χ2v) is 7.13. The van der Waals surface area contributed by atoms with Gasteiger partial charge in [0.1, 0.15) is 11.3 Å². The van der Waals surface area contributed by atoms with Crippen LogP contribution in [-0.2, 0) is 4.79 Å². The van der Waals surface area contributed by atoms with Gasteiger partial charge in [-0.05, 0) is 57.0 Å². The van der Waals surface area contributed by atoms with Crippen molar-refractivity contribution in [1.29, 1.82) is 0 Å². The maximum absolute atomic E-state index is 12.6. The van der Waals surface area contributed by atoms with Crippen molar-refractivity contribution in [3.05, 3.63) is 64.4 Å². The molecule has 2 aromatic carbocycles. The van der Waals surface area contributed by atoms with Gasteiger partial charge in [0.2, 0.25) is 5.91 Å². The summed E-state index contributed by atoms with van der Waals surface area (Å²) >= 11 is 6.28. The first-order valence-electron chi connectivity index (χ1n) is 8.67. The van der Waals surface area contributed by atoms with Gasteiger partial charge in [0.05, 0.1) is 22.8 Å². The van der Waals surface area contributed by atoms with Gasteiger partial charge in [-0.1, -0.05) is 35.9 Å². The van der Waals surface area contributed by atoms with Gasteiger partial charge < -0.3 is 9.73 Å². The molecule has 0 radical (unpaired) electrons. The van der Waals surface area contributed by atoms with Crippen LogP contribution in [0.5, 0.6) is 0 Å². The number of hydrogen-bond donors (Lipinski definition) is 2. The quantitative estimate of drug-likeness (QED) is 0.633. The molecule has 0 spiro atoms. The lowest BCUT2D eigenvalue weighted by atomic mass is 10.1. The Balaban J connectivity index is 1.69. The molecule has 26 heavy (non-hydrogen) atoms. The van der Waals surface area contributed by atoms with Crippen molar-refractivity contribution in [2.75, 3.05) is 5.32 Å². The summed E-state index contributed by atoms with van der Waals surface area (Å²) in [6.45, 7) is 7.71. The Morgan fingerprint density at radius 2 is 1.85 bits per heavy atom. The second-order valence-electron chi connectivity index (χ2n) is 6.72. The third-order valence-electron chi connectivity index (χ3n) is 4.44. The first kappa shape index (κ1) is 18.5. The van der Waals surface area contributed by atoms with Crippen molar-refractivity contribution in [3.63, 3.8) is 0 Å². The minimum atomic E-state index is -0.407. The van der Waals surface area contributed by atoms with Gasteiger partial charge in [0.25, 0.3) is 0 Å². The smallest absolute Gasteiger partial charge is 0.241 e. The van der Waals surface area contributed by atoms with E-state index in [0.717, 1.165) is 27.9 Å². The van der Waals surface area contributed by atoms with Crippen LogP contribution in [0, 0.1) is 13.8 Å². The van der Waals surface area contributed by atoms with Crippen molar-refractivity contribution >= 4 is 34.2 Å². The number of carbonyl (C=O) groups excluding carboxylic acids is 1. The fraction of sp³-hybridized carbons (Fsp3) is 0.286. The number of anilines is 1. The third kappa shape index (κ3) is 3.92. The van der Waals surface area contributed by atoms with Crippen molar-refractivity contribution in [2.24, 2.45) is 0 Å². The fourth-order valence-electron chi connectivity index (χ4n) is 3.05. The number of nitrogens with one attached hydrogen (secondary N) is 2. The summed E-state index contributed by atoms with van der Waals surface area (Å²) < 4.78 is 5.86. The molecule has 2 N–H and O–H groups in total. The van der Waals surface area contributed by atoms with E-state index in [2.05, 4.69) is 10.6 Å². The zero-order valence-electron chi connectivity index (χ0n) is 15.4. The van der Waals surface area contributed by atoms with Crippen LogP contribution in [0.25, 0.3) is 11.0 Å². The van der Waals surface area contributed by atoms with E-state index in [0.29, 0.717) is 10.7 Å². The van der Waals surface area contributed by atoms with Crippen molar-refractivity contribution < 1.29 is 9.21 Å². The number of halogens is 1. The van der Waals surface area contributed by atoms with E-state index < -0.39 is 6.04 Å². The Bertz CT molecular complexity index is 892. The third-order valence-corrected chi connectivity index (χ3v) is 4.74. The Morgan fingerprint density at radius 3 is 2.54 bits per heavy atom. The molecule has 3 aromatic rings. The molecule has 0 saturated heterocycles. The van der Waals surface area contributed by atoms with E-state index in [1.807, 2.05) is 70.2 Å². The van der Waals surface area contributed by atoms with Crippen LogP contribution in [0.1, 0.15) is 36.8 Å². The molecule has 0 bridgehead atoms. The lowest BCUT2D eigenvalue weighted by Gasteiger charge is -2.19. The van der Waals surface area contributed by atoms with Gasteiger partial charge in [0, 0.05) is 5.39 Å². The van der Waals surface area contributed by atoms with Crippen LogP contribution < -0.4 is 10.6 Å². The highest BCUT2D eigenvalue weighted by molar-refractivity contribution is 6.34. The molecule has 3 rings (SSSR count). The van der Waals surface area contributed by atoms with E-state index >= 15 is 0 Å². The molecule has 4 nitrogen and oxygen atoms in total. The molecule has 1 aromatic heterocycles. The first-order valence-corrected chi connectivity index (χ1v) is 9.05. The molecule has 136 valence electrons. The van der Waals surface area contributed by atoms with E-state index in [1.165, 1.54) is 0 Å². The number of benzene rings is 2. The van der Waals surface area contributed by atoms with E-state index in [-0.39, 0.29) is 11.9 Å². The Morgan fingerprint density at radius 1 is 1.12 bits per heavy atom. The predicted molar refractivity (Wildman–Crippen MR) is 107 cm³/mol. The highest BCUT2D eigenvalue weighted by Crippen LogP contribution is 2.28. The summed E-state index contributed by atoms with van der Waals surface area (Å²) in [6, 6.07) is 13.2. The molecule has 0 aliphatic carbocycles. The summed E-state index contributed by atoms with van der Waals surface area (Å²) in [5.74, 6) is 0.664. The second kappa shape index (κ2) is 7.52. The van der Waals surface area contributed by atoms with Crippen LogP contribution in [0.2, 0.25) is 5.02 Å². The monoisotopic (exact) mass is 370 g/mol. The molecule has 1 heterocycles. The van der Waals surface area contributed by atoms with Crippen molar-refractivity contribution in [1.82, 2.24) is 5.32 Å². The first-order chi connectivity index (χ1) is 12.3. The summed E-state index contributed by atoms with van der Waals surface area (Å²) in [7, 11) is 0. The minimum absolute atomic E-state index is 0.0993. The zero-order valence-corrected chi connectivity index (χ0v) is 16.1. The lowest BCUT2D eigenvalue weighted by Crippen LogP contribution is -2.39. The molecule has 5 heteroatoms. The SMILES string of the molecule is Cc1cc(C)c(NC(=O)C(C)NC(C)c2cc3ccccc3o2)c(Cl)c1. The zero-order chi connectivity index (χ0) is 18.8. The molecule has 1 amide bonds. The van der Waals surface area contributed by atoms with Gasteiger partial charge >= 0.3 is 0 Å².